The largest absolute Gasteiger partial charge is 0.495 e. The lowest BCUT2D eigenvalue weighted by Gasteiger charge is -2.36. The molecule has 1 aliphatic heterocycles. The number of methoxy groups -OCH3 is 1. The molecule has 2 aromatic carbocycles. The van der Waals surface area contributed by atoms with Crippen molar-refractivity contribution in [2.24, 2.45) is 0 Å². The molecule has 0 bridgehead atoms. The van der Waals surface area contributed by atoms with Gasteiger partial charge >= 0.3 is 0 Å². The highest BCUT2D eigenvalue weighted by molar-refractivity contribution is 5.60. The Morgan fingerprint density at radius 2 is 1.58 bits per heavy atom. The number of nitrogens with zero attached hydrogens (tertiary/aromatic N) is 2. The molecule has 1 N–H and O–H groups in total. The predicted octanol–water partition coefficient (Wildman–Crippen LogP) is 4.01. The smallest absolute Gasteiger partial charge is 0.142 e. The zero-order valence-corrected chi connectivity index (χ0v) is 15.2. The molecule has 0 aliphatic carbocycles. The van der Waals surface area contributed by atoms with Gasteiger partial charge in [0.25, 0.3) is 0 Å². The van der Waals surface area contributed by atoms with E-state index in [1.54, 1.807) is 7.11 Å². The van der Waals surface area contributed by atoms with Gasteiger partial charge in [0.1, 0.15) is 5.75 Å². The average Bonchev–Trinajstić information content (AvgIpc) is 3.18. The molecule has 0 atom stereocenters. The van der Waals surface area contributed by atoms with Crippen molar-refractivity contribution in [2.75, 3.05) is 38.2 Å². The summed E-state index contributed by atoms with van der Waals surface area (Å²) in [5, 5.41) is 0. The van der Waals surface area contributed by atoms with Crippen LogP contribution in [0.4, 0.5) is 5.69 Å². The van der Waals surface area contributed by atoms with E-state index in [1.165, 1.54) is 22.6 Å². The highest BCUT2D eigenvalue weighted by Crippen LogP contribution is 2.28. The summed E-state index contributed by atoms with van der Waals surface area (Å²) in [7, 11) is 1.74. The van der Waals surface area contributed by atoms with Gasteiger partial charge in [-0.15, -0.1) is 0 Å². The van der Waals surface area contributed by atoms with Crippen LogP contribution < -0.4 is 9.64 Å². The van der Waals surface area contributed by atoms with Crippen LogP contribution in [0, 0.1) is 0 Å². The van der Waals surface area contributed by atoms with Gasteiger partial charge in [0.15, 0.2) is 0 Å². The fourth-order valence-corrected chi connectivity index (χ4v) is 3.60. The van der Waals surface area contributed by atoms with E-state index in [0.29, 0.717) is 0 Å². The molecule has 0 radical (unpaired) electrons. The van der Waals surface area contributed by atoms with Crippen LogP contribution in [-0.4, -0.2) is 43.2 Å². The minimum absolute atomic E-state index is 0.956. The summed E-state index contributed by atoms with van der Waals surface area (Å²) in [6, 6.07) is 23.1. The van der Waals surface area contributed by atoms with Gasteiger partial charge in [-0.3, -0.25) is 4.90 Å². The molecule has 2 heterocycles. The molecular weight excluding hydrogens is 322 g/mol. The SMILES string of the molecule is COc1ccccc1N1CCN(Cc2ccc(-c3ccccc3)[nH]2)CC1. The molecule has 1 aliphatic rings. The Kier molecular flexibility index (Phi) is 4.93. The third kappa shape index (κ3) is 3.60. The number of aromatic nitrogens is 1. The first-order chi connectivity index (χ1) is 12.8. The number of ether oxygens (including phenoxy) is 1. The van der Waals surface area contributed by atoms with Gasteiger partial charge in [-0.1, -0.05) is 42.5 Å². The van der Waals surface area contributed by atoms with Crippen molar-refractivity contribution < 1.29 is 4.74 Å². The van der Waals surface area contributed by atoms with Crippen LogP contribution in [0.5, 0.6) is 5.75 Å². The van der Waals surface area contributed by atoms with Crippen molar-refractivity contribution in [1.82, 2.24) is 9.88 Å². The number of hydrogen-bond donors (Lipinski definition) is 1. The maximum absolute atomic E-state index is 5.51. The molecule has 4 nitrogen and oxygen atoms in total. The summed E-state index contributed by atoms with van der Waals surface area (Å²) in [5.74, 6) is 0.956. The van der Waals surface area contributed by atoms with E-state index < -0.39 is 0 Å². The van der Waals surface area contributed by atoms with Crippen LogP contribution in [0.1, 0.15) is 5.69 Å². The number of hydrogen-bond acceptors (Lipinski definition) is 3. The van der Waals surface area contributed by atoms with Gasteiger partial charge in [-0.2, -0.15) is 0 Å². The zero-order chi connectivity index (χ0) is 17.8. The number of para-hydroxylation sites is 2. The number of nitrogens with one attached hydrogen (secondary N) is 1. The second kappa shape index (κ2) is 7.67. The number of anilines is 1. The Morgan fingerprint density at radius 3 is 2.35 bits per heavy atom. The monoisotopic (exact) mass is 347 g/mol. The molecule has 3 aromatic rings. The zero-order valence-electron chi connectivity index (χ0n) is 15.2. The second-order valence-corrected chi connectivity index (χ2v) is 6.70. The molecule has 0 unspecified atom stereocenters. The minimum atomic E-state index is 0.956. The summed E-state index contributed by atoms with van der Waals surface area (Å²) < 4.78 is 5.51. The summed E-state index contributed by atoms with van der Waals surface area (Å²) in [5.41, 5.74) is 4.89. The molecule has 0 spiro atoms. The Hall–Kier alpha value is -2.72. The quantitative estimate of drug-likeness (QED) is 0.757. The molecule has 4 heteroatoms. The molecule has 0 saturated carbocycles. The lowest BCUT2D eigenvalue weighted by atomic mass is 10.2. The molecule has 1 fully saturated rings. The van der Waals surface area contributed by atoms with Crippen LogP contribution in [0.15, 0.2) is 66.7 Å². The average molecular weight is 347 g/mol. The molecule has 134 valence electrons. The summed E-state index contributed by atoms with van der Waals surface area (Å²) in [4.78, 5) is 8.49. The van der Waals surface area contributed by atoms with E-state index in [2.05, 4.69) is 69.4 Å². The number of benzene rings is 2. The first kappa shape index (κ1) is 16.7. The maximum atomic E-state index is 5.51. The van der Waals surface area contributed by atoms with Gasteiger partial charge in [0, 0.05) is 44.1 Å². The van der Waals surface area contributed by atoms with Crippen molar-refractivity contribution in [3.63, 3.8) is 0 Å². The lowest BCUT2D eigenvalue weighted by molar-refractivity contribution is 0.247. The van der Waals surface area contributed by atoms with Crippen LogP contribution in [0.3, 0.4) is 0 Å². The highest BCUT2D eigenvalue weighted by Gasteiger charge is 2.19. The third-order valence-electron chi connectivity index (χ3n) is 5.02. The van der Waals surface area contributed by atoms with Gasteiger partial charge < -0.3 is 14.6 Å². The van der Waals surface area contributed by atoms with E-state index in [-0.39, 0.29) is 0 Å². The van der Waals surface area contributed by atoms with E-state index in [1.807, 2.05) is 12.1 Å². The third-order valence-corrected chi connectivity index (χ3v) is 5.02. The van der Waals surface area contributed by atoms with Gasteiger partial charge in [0.05, 0.1) is 12.8 Å². The first-order valence-corrected chi connectivity index (χ1v) is 9.17. The highest BCUT2D eigenvalue weighted by atomic mass is 16.5. The van der Waals surface area contributed by atoms with Crippen molar-refractivity contribution in [1.29, 1.82) is 0 Å². The standard InChI is InChI=1S/C22H25N3O/c1-26-22-10-6-5-9-21(22)25-15-13-24(14-16-25)17-19-11-12-20(23-19)18-7-3-2-4-8-18/h2-12,23H,13-17H2,1H3. The van der Waals surface area contributed by atoms with Crippen LogP contribution >= 0.6 is 0 Å². The molecule has 0 amide bonds. The van der Waals surface area contributed by atoms with E-state index in [0.717, 1.165) is 38.5 Å². The van der Waals surface area contributed by atoms with Crippen molar-refractivity contribution >= 4 is 5.69 Å². The minimum Gasteiger partial charge on any atom is -0.495 e. The number of H-pyrrole nitrogens is 1. The summed E-state index contributed by atoms with van der Waals surface area (Å²) in [6.45, 7) is 5.11. The summed E-state index contributed by atoms with van der Waals surface area (Å²) in [6.07, 6.45) is 0. The fraction of sp³-hybridized carbons (Fsp3) is 0.273. The van der Waals surface area contributed by atoms with Crippen molar-refractivity contribution in [2.45, 2.75) is 6.54 Å². The van der Waals surface area contributed by atoms with E-state index in [9.17, 15) is 0 Å². The number of piperazine rings is 1. The maximum Gasteiger partial charge on any atom is 0.142 e. The predicted molar refractivity (Wildman–Crippen MR) is 107 cm³/mol. The van der Waals surface area contributed by atoms with Crippen LogP contribution in [-0.2, 0) is 6.54 Å². The van der Waals surface area contributed by atoms with E-state index >= 15 is 0 Å². The molecule has 1 aromatic heterocycles. The van der Waals surface area contributed by atoms with Gasteiger partial charge in [-0.05, 0) is 29.8 Å². The van der Waals surface area contributed by atoms with Crippen molar-refractivity contribution in [3.8, 4) is 17.0 Å². The Labute approximate surface area is 155 Å². The normalized spacial score (nSPS) is 15.2. The Morgan fingerprint density at radius 1 is 0.846 bits per heavy atom. The topological polar surface area (TPSA) is 31.5 Å². The number of rotatable bonds is 5. The molecular formula is C22H25N3O. The fourth-order valence-electron chi connectivity index (χ4n) is 3.60. The molecule has 1 saturated heterocycles. The van der Waals surface area contributed by atoms with Gasteiger partial charge in [0.2, 0.25) is 0 Å². The summed E-state index contributed by atoms with van der Waals surface area (Å²) >= 11 is 0. The Balaban J connectivity index is 1.36. The second-order valence-electron chi connectivity index (χ2n) is 6.70. The van der Waals surface area contributed by atoms with E-state index in [4.69, 9.17) is 4.74 Å². The van der Waals surface area contributed by atoms with Crippen LogP contribution in [0.25, 0.3) is 11.3 Å². The van der Waals surface area contributed by atoms with Gasteiger partial charge in [-0.25, -0.2) is 0 Å². The first-order valence-electron chi connectivity index (χ1n) is 9.17. The molecule has 26 heavy (non-hydrogen) atoms. The van der Waals surface area contributed by atoms with Crippen LogP contribution in [0.2, 0.25) is 0 Å². The number of aromatic amines is 1. The lowest BCUT2D eigenvalue weighted by Crippen LogP contribution is -2.46. The Bertz CT molecular complexity index is 835. The van der Waals surface area contributed by atoms with Crippen molar-refractivity contribution in [3.05, 3.63) is 72.4 Å². The molecule has 4 rings (SSSR count).